The molecule has 7 heteroatoms. The zero-order valence-electron chi connectivity index (χ0n) is 10.5. The molecule has 0 aliphatic carbocycles. The van der Waals surface area contributed by atoms with E-state index in [1.165, 1.54) is 11.8 Å². The van der Waals surface area contributed by atoms with Gasteiger partial charge in [-0.2, -0.15) is 0 Å². The Hall–Kier alpha value is -1.99. The van der Waals surface area contributed by atoms with E-state index in [9.17, 15) is 9.90 Å². The Balaban J connectivity index is 2.02. The standard InChI is InChI=1S/C14H8BrN3O2S/c15-8-1-2-9(14(19)20)11(7-8)21-12-4-3-10-13(18-12)17-6-5-16-10/h1-7H,(H,19,20). The van der Waals surface area contributed by atoms with Gasteiger partial charge in [-0.1, -0.05) is 27.7 Å². The molecule has 0 amide bonds. The van der Waals surface area contributed by atoms with Gasteiger partial charge in [0, 0.05) is 21.8 Å². The predicted molar refractivity (Wildman–Crippen MR) is 82.6 cm³/mol. The summed E-state index contributed by atoms with van der Waals surface area (Å²) in [6.07, 6.45) is 3.18. The number of hydrogen-bond donors (Lipinski definition) is 1. The minimum Gasteiger partial charge on any atom is -0.478 e. The van der Waals surface area contributed by atoms with Gasteiger partial charge in [-0.15, -0.1) is 0 Å². The molecule has 1 N–H and O–H groups in total. The maximum Gasteiger partial charge on any atom is 0.336 e. The Morgan fingerprint density at radius 3 is 2.76 bits per heavy atom. The number of nitrogens with zero attached hydrogens (tertiary/aromatic N) is 3. The number of benzene rings is 1. The molecular weight excluding hydrogens is 354 g/mol. The third-order valence-electron chi connectivity index (χ3n) is 2.69. The number of rotatable bonds is 3. The number of pyridine rings is 1. The lowest BCUT2D eigenvalue weighted by Gasteiger charge is -2.06. The summed E-state index contributed by atoms with van der Waals surface area (Å²) < 4.78 is 0.815. The van der Waals surface area contributed by atoms with Gasteiger partial charge in [0.2, 0.25) is 0 Å². The molecule has 0 aliphatic heterocycles. The summed E-state index contributed by atoms with van der Waals surface area (Å²) in [7, 11) is 0. The highest BCUT2D eigenvalue weighted by Gasteiger charge is 2.12. The minimum absolute atomic E-state index is 0.240. The largest absolute Gasteiger partial charge is 0.478 e. The van der Waals surface area contributed by atoms with Crippen molar-refractivity contribution in [2.24, 2.45) is 0 Å². The van der Waals surface area contributed by atoms with Crippen LogP contribution in [0.3, 0.4) is 0 Å². The van der Waals surface area contributed by atoms with Crippen molar-refractivity contribution in [1.82, 2.24) is 15.0 Å². The van der Waals surface area contributed by atoms with Crippen LogP contribution in [0, 0.1) is 0 Å². The normalized spacial score (nSPS) is 10.7. The van der Waals surface area contributed by atoms with Crippen LogP contribution in [-0.4, -0.2) is 26.0 Å². The van der Waals surface area contributed by atoms with E-state index in [4.69, 9.17) is 0 Å². The van der Waals surface area contributed by atoms with Gasteiger partial charge in [0.25, 0.3) is 0 Å². The fraction of sp³-hybridized carbons (Fsp3) is 0. The van der Waals surface area contributed by atoms with Crippen LogP contribution in [0.25, 0.3) is 11.2 Å². The van der Waals surface area contributed by atoms with Gasteiger partial charge in [-0.3, -0.25) is 4.98 Å². The van der Waals surface area contributed by atoms with Gasteiger partial charge in [0.05, 0.1) is 5.56 Å². The molecule has 21 heavy (non-hydrogen) atoms. The first kappa shape index (κ1) is 14.0. The maximum atomic E-state index is 11.3. The van der Waals surface area contributed by atoms with E-state index in [1.807, 2.05) is 6.07 Å². The molecule has 0 atom stereocenters. The number of carboxylic acid groups (broad SMARTS) is 1. The average molecular weight is 362 g/mol. The van der Waals surface area contributed by atoms with Gasteiger partial charge >= 0.3 is 5.97 Å². The monoisotopic (exact) mass is 361 g/mol. The molecule has 0 unspecified atom stereocenters. The number of halogens is 1. The van der Waals surface area contributed by atoms with Crippen molar-refractivity contribution in [3.8, 4) is 0 Å². The number of hydrogen-bond acceptors (Lipinski definition) is 5. The molecule has 1 aromatic carbocycles. The van der Waals surface area contributed by atoms with Gasteiger partial charge < -0.3 is 5.11 Å². The molecule has 3 rings (SSSR count). The molecule has 2 heterocycles. The molecule has 0 spiro atoms. The van der Waals surface area contributed by atoms with Crippen molar-refractivity contribution < 1.29 is 9.90 Å². The van der Waals surface area contributed by atoms with E-state index in [0.29, 0.717) is 21.1 Å². The highest BCUT2D eigenvalue weighted by atomic mass is 79.9. The fourth-order valence-corrected chi connectivity index (χ4v) is 3.22. The van der Waals surface area contributed by atoms with Crippen molar-refractivity contribution in [1.29, 1.82) is 0 Å². The minimum atomic E-state index is -0.967. The molecule has 104 valence electrons. The van der Waals surface area contributed by atoms with Gasteiger partial charge in [0.15, 0.2) is 5.65 Å². The number of fused-ring (bicyclic) bond motifs is 1. The lowest BCUT2D eigenvalue weighted by molar-refractivity contribution is 0.0693. The van der Waals surface area contributed by atoms with Crippen molar-refractivity contribution in [3.05, 3.63) is 52.8 Å². The lowest BCUT2D eigenvalue weighted by Crippen LogP contribution is -1.98. The Morgan fingerprint density at radius 2 is 1.95 bits per heavy atom. The van der Waals surface area contributed by atoms with E-state index in [-0.39, 0.29) is 5.56 Å². The predicted octanol–water partition coefficient (Wildman–Crippen LogP) is 3.64. The fourth-order valence-electron chi connectivity index (χ4n) is 1.76. The molecule has 0 aliphatic rings. The third kappa shape index (κ3) is 3.03. The summed E-state index contributed by atoms with van der Waals surface area (Å²) in [5, 5.41) is 9.90. The number of aromatic carboxylic acids is 1. The Labute approximate surface area is 132 Å². The zero-order chi connectivity index (χ0) is 14.8. The molecule has 0 bridgehead atoms. The summed E-state index contributed by atoms with van der Waals surface area (Å²) in [6.45, 7) is 0. The van der Waals surface area contributed by atoms with Crippen LogP contribution in [-0.2, 0) is 0 Å². The summed E-state index contributed by atoms with van der Waals surface area (Å²) in [5.74, 6) is -0.967. The van der Waals surface area contributed by atoms with Gasteiger partial charge in [-0.25, -0.2) is 14.8 Å². The first-order chi connectivity index (χ1) is 10.1. The third-order valence-corrected chi connectivity index (χ3v) is 4.18. The highest BCUT2D eigenvalue weighted by Crippen LogP contribution is 2.32. The van der Waals surface area contributed by atoms with Crippen LogP contribution in [0.1, 0.15) is 10.4 Å². The van der Waals surface area contributed by atoms with Crippen molar-refractivity contribution in [2.75, 3.05) is 0 Å². The second kappa shape index (κ2) is 5.79. The zero-order valence-corrected chi connectivity index (χ0v) is 12.9. The lowest BCUT2D eigenvalue weighted by atomic mass is 10.2. The van der Waals surface area contributed by atoms with Crippen LogP contribution < -0.4 is 0 Å². The molecule has 0 saturated heterocycles. The molecule has 0 fully saturated rings. The number of carbonyl (C=O) groups is 1. The van der Waals surface area contributed by atoms with Crippen LogP contribution in [0.5, 0.6) is 0 Å². The maximum absolute atomic E-state index is 11.3. The summed E-state index contributed by atoms with van der Waals surface area (Å²) in [5.41, 5.74) is 1.48. The van der Waals surface area contributed by atoms with Crippen LogP contribution in [0.15, 0.2) is 57.1 Å². The molecule has 3 aromatic rings. The van der Waals surface area contributed by atoms with Crippen LogP contribution in [0.4, 0.5) is 0 Å². The number of aromatic nitrogens is 3. The van der Waals surface area contributed by atoms with Gasteiger partial charge in [-0.05, 0) is 30.3 Å². The van der Waals surface area contributed by atoms with Crippen molar-refractivity contribution >= 4 is 44.8 Å². The second-order valence-electron chi connectivity index (χ2n) is 4.10. The second-order valence-corrected chi connectivity index (χ2v) is 6.07. The average Bonchev–Trinajstić information content (AvgIpc) is 2.47. The van der Waals surface area contributed by atoms with Crippen molar-refractivity contribution in [2.45, 2.75) is 9.92 Å². The molecule has 5 nitrogen and oxygen atoms in total. The smallest absolute Gasteiger partial charge is 0.336 e. The number of carboxylic acids is 1. The highest BCUT2D eigenvalue weighted by molar-refractivity contribution is 9.10. The quantitative estimate of drug-likeness (QED) is 0.767. The Bertz CT molecular complexity index is 841. The van der Waals surface area contributed by atoms with Crippen LogP contribution >= 0.6 is 27.7 Å². The van der Waals surface area contributed by atoms with E-state index < -0.39 is 5.97 Å². The molecule has 0 saturated carbocycles. The topological polar surface area (TPSA) is 76.0 Å². The van der Waals surface area contributed by atoms with Gasteiger partial charge in [0.1, 0.15) is 10.5 Å². The Morgan fingerprint density at radius 1 is 1.14 bits per heavy atom. The SMILES string of the molecule is O=C(O)c1ccc(Br)cc1Sc1ccc2nccnc2n1. The summed E-state index contributed by atoms with van der Waals surface area (Å²) in [4.78, 5) is 24.6. The van der Waals surface area contributed by atoms with E-state index >= 15 is 0 Å². The molecule has 0 radical (unpaired) electrons. The first-order valence-electron chi connectivity index (χ1n) is 5.92. The molecule has 2 aromatic heterocycles. The first-order valence-corrected chi connectivity index (χ1v) is 7.53. The van der Waals surface area contributed by atoms with E-state index in [2.05, 4.69) is 30.9 Å². The molecular formula is C14H8BrN3O2S. The van der Waals surface area contributed by atoms with Crippen molar-refractivity contribution in [3.63, 3.8) is 0 Å². The van der Waals surface area contributed by atoms with E-state index in [0.717, 1.165) is 4.47 Å². The van der Waals surface area contributed by atoms with E-state index in [1.54, 1.807) is 36.7 Å². The Kier molecular flexibility index (Phi) is 3.85. The van der Waals surface area contributed by atoms with Crippen LogP contribution in [0.2, 0.25) is 0 Å². The summed E-state index contributed by atoms with van der Waals surface area (Å²) in [6, 6.07) is 8.64. The summed E-state index contributed by atoms with van der Waals surface area (Å²) >= 11 is 4.63.